The third kappa shape index (κ3) is 5.12. The van der Waals surface area contributed by atoms with Crippen molar-refractivity contribution in [1.82, 2.24) is 10.2 Å². The first-order valence-electron chi connectivity index (χ1n) is 12.8. The van der Waals surface area contributed by atoms with E-state index in [1.165, 1.54) is 23.1 Å². The van der Waals surface area contributed by atoms with Crippen LogP contribution in [0.1, 0.15) is 61.0 Å². The number of anilines is 2. The van der Waals surface area contributed by atoms with E-state index in [1.54, 1.807) is 27.1 Å². The van der Waals surface area contributed by atoms with Gasteiger partial charge in [-0.3, -0.25) is 9.59 Å². The maximum absolute atomic E-state index is 14.4. The van der Waals surface area contributed by atoms with Gasteiger partial charge in [0.2, 0.25) is 0 Å². The summed E-state index contributed by atoms with van der Waals surface area (Å²) in [6.45, 7) is 6.60. The van der Waals surface area contributed by atoms with E-state index < -0.39 is 35.3 Å². The molecule has 2 aliphatic rings. The molecule has 0 saturated carbocycles. The van der Waals surface area contributed by atoms with Crippen LogP contribution < -0.4 is 15.5 Å². The maximum atomic E-state index is 14.4. The van der Waals surface area contributed by atoms with Gasteiger partial charge >= 0.3 is 6.18 Å². The average Bonchev–Trinajstić information content (AvgIpc) is 3.24. The molecule has 2 N–H and O–H groups in total. The second-order valence-corrected chi connectivity index (χ2v) is 10.3. The molecule has 0 saturated heterocycles. The van der Waals surface area contributed by atoms with Crippen LogP contribution in [0.3, 0.4) is 0 Å². The molecule has 3 aromatic carbocycles. The summed E-state index contributed by atoms with van der Waals surface area (Å²) in [5, 5.41) is 5.84. The molecule has 0 bridgehead atoms. The number of hydrogen-bond donors (Lipinski definition) is 2. The number of benzene rings is 3. The predicted octanol–water partition coefficient (Wildman–Crippen LogP) is 6.12. The van der Waals surface area contributed by atoms with E-state index in [4.69, 9.17) is 0 Å². The molecule has 1 unspecified atom stereocenters. The molecule has 0 radical (unpaired) electrons. The minimum atomic E-state index is -4.79. The second kappa shape index (κ2) is 10.2. The Morgan fingerprint density at radius 1 is 1.00 bits per heavy atom. The number of rotatable bonds is 4. The summed E-state index contributed by atoms with van der Waals surface area (Å²) in [6.07, 6.45) is -4.14. The molecule has 11 heteroatoms. The van der Waals surface area contributed by atoms with E-state index >= 15 is 0 Å². The van der Waals surface area contributed by atoms with Gasteiger partial charge in [-0.25, -0.2) is 8.78 Å². The Kier molecular flexibility index (Phi) is 7.00. The SMILES string of the molecule is C=C(Nc1cc2c(c3c1C(c1cc(F)ccc1C)NC3=O)N(C)CCCN(C)C2=O)c1cc(F)cc(C(F)(F)F)c1. The number of carbonyl (C=O) groups is 2. The normalized spacial score (nSPS) is 17.0. The quantitative estimate of drug-likeness (QED) is 0.371. The molecule has 2 aliphatic heterocycles. The molecule has 0 aromatic heterocycles. The summed E-state index contributed by atoms with van der Waals surface area (Å²) in [6, 6.07) is 6.89. The van der Waals surface area contributed by atoms with Crippen LogP contribution in [-0.4, -0.2) is 43.9 Å². The molecule has 0 spiro atoms. The van der Waals surface area contributed by atoms with Crippen LogP contribution in [0.15, 0.2) is 49.0 Å². The molecule has 0 fully saturated rings. The van der Waals surface area contributed by atoms with Gasteiger partial charge in [0.1, 0.15) is 11.6 Å². The van der Waals surface area contributed by atoms with Crippen molar-refractivity contribution in [3.8, 4) is 0 Å². The van der Waals surface area contributed by atoms with Crippen LogP contribution in [0.2, 0.25) is 0 Å². The van der Waals surface area contributed by atoms with Gasteiger partial charge in [-0.05, 0) is 60.9 Å². The van der Waals surface area contributed by atoms with Crippen LogP contribution in [0.5, 0.6) is 0 Å². The Morgan fingerprint density at radius 2 is 1.71 bits per heavy atom. The lowest BCUT2D eigenvalue weighted by Gasteiger charge is -2.31. The smallest absolute Gasteiger partial charge is 0.373 e. The molecular formula is C30H27F5N4O2. The van der Waals surface area contributed by atoms with Gasteiger partial charge in [0, 0.05) is 49.7 Å². The summed E-state index contributed by atoms with van der Waals surface area (Å²) in [5.74, 6) is -2.48. The molecule has 1 atom stereocenters. The standard InChI is InChI=1S/C30H27F5N4O2/c1-15-6-7-19(31)13-21(15)26-24-23(36-16(2)17-10-18(30(33,34)35)12-20(32)11-17)14-22-27(25(24)28(40)37-26)38(3)8-5-9-39(4)29(22)41/h6-7,10-14,26,36H,2,5,8-9H2,1,3-4H3,(H,37,40). The van der Waals surface area contributed by atoms with E-state index in [9.17, 15) is 31.5 Å². The fraction of sp³-hybridized carbons (Fsp3) is 0.267. The van der Waals surface area contributed by atoms with Crippen molar-refractivity contribution in [1.29, 1.82) is 0 Å². The van der Waals surface area contributed by atoms with Crippen molar-refractivity contribution in [2.45, 2.75) is 25.6 Å². The first kappa shape index (κ1) is 28.1. The molecular weight excluding hydrogens is 543 g/mol. The Labute approximate surface area is 233 Å². The highest BCUT2D eigenvalue weighted by Crippen LogP contribution is 2.45. The Morgan fingerprint density at radius 3 is 2.41 bits per heavy atom. The van der Waals surface area contributed by atoms with E-state index in [2.05, 4.69) is 17.2 Å². The van der Waals surface area contributed by atoms with Gasteiger partial charge in [0.05, 0.1) is 28.4 Å². The van der Waals surface area contributed by atoms with Crippen LogP contribution >= 0.6 is 0 Å². The van der Waals surface area contributed by atoms with Crippen molar-refractivity contribution in [2.75, 3.05) is 37.4 Å². The van der Waals surface area contributed by atoms with Gasteiger partial charge in [-0.15, -0.1) is 0 Å². The summed E-state index contributed by atoms with van der Waals surface area (Å²) in [4.78, 5) is 30.4. The first-order chi connectivity index (χ1) is 19.3. The Balaban J connectivity index is 1.73. The average molecular weight is 571 g/mol. The largest absolute Gasteiger partial charge is 0.416 e. The van der Waals surface area contributed by atoms with Crippen molar-refractivity contribution in [3.05, 3.63) is 99.6 Å². The van der Waals surface area contributed by atoms with Crippen molar-refractivity contribution < 1.29 is 31.5 Å². The number of nitrogens with one attached hydrogen (secondary N) is 2. The molecule has 2 heterocycles. The molecule has 6 nitrogen and oxygen atoms in total. The Hall–Kier alpha value is -4.41. The number of carbonyl (C=O) groups excluding carboxylic acids is 2. The van der Waals surface area contributed by atoms with E-state index in [1.807, 2.05) is 4.90 Å². The van der Waals surface area contributed by atoms with Gasteiger partial charge in [-0.1, -0.05) is 12.6 Å². The number of nitrogens with zero attached hydrogens (tertiary/aromatic N) is 2. The maximum Gasteiger partial charge on any atom is 0.416 e. The number of halogens is 5. The zero-order valence-electron chi connectivity index (χ0n) is 22.5. The van der Waals surface area contributed by atoms with Crippen molar-refractivity contribution in [3.63, 3.8) is 0 Å². The lowest BCUT2D eigenvalue weighted by molar-refractivity contribution is -0.137. The number of hydrogen-bond acceptors (Lipinski definition) is 4. The third-order valence-electron chi connectivity index (χ3n) is 7.49. The molecule has 2 amide bonds. The summed E-state index contributed by atoms with van der Waals surface area (Å²) < 4.78 is 68.8. The molecule has 0 aliphatic carbocycles. The van der Waals surface area contributed by atoms with Gasteiger partial charge in [0.15, 0.2) is 0 Å². The van der Waals surface area contributed by atoms with Gasteiger partial charge in [-0.2, -0.15) is 13.2 Å². The zero-order chi connectivity index (χ0) is 29.8. The number of alkyl halides is 3. The highest BCUT2D eigenvalue weighted by atomic mass is 19.4. The lowest BCUT2D eigenvalue weighted by Crippen LogP contribution is -2.36. The topological polar surface area (TPSA) is 64.7 Å². The second-order valence-electron chi connectivity index (χ2n) is 10.3. The number of aryl methyl sites for hydroxylation is 1. The molecule has 5 rings (SSSR count). The fourth-order valence-electron chi connectivity index (χ4n) is 5.44. The van der Waals surface area contributed by atoms with Crippen LogP contribution in [0.25, 0.3) is 5.70 Å². The van der Waals surface area contributed by atoms with Crippen molar-refractivity contribution in [2.24, 2.45) is 0 Å². The van der Waals surface area contributed by atoms with Crippen LogP contribution in [-0.2, 0) is 6.18 Å². The van der Waals surface area contributed by atoms with Gasteiger partial charge in [0.25, 0.3) is 11.8 Å². The monoisotopic (exact) mass is 570 g/mol. The molecule has 41 heavy (non-hydrogen) atoms. The lowest BCUT2D eigenvalue weighted by atomic mass is 9.90. The van der Waals surface area contributed by atoms with Crippen molar-refractivity contribution >= 4 is 28.9 Å². The highest BCUT2D eigenvalue weighted by molar-refractivity contribution is 6.13. The summed E-state index contributed by atoms with van der Waals surface area (Å²) in [5.41, 5.74) is 1.05. The van der Waals surface area contributed by atoms with Crippen LogP contribution in [0.4, 0.5) is 33.3 Å². The minimum Gasteiger partial charge on any atom is -0.373 e. The predicted molar refractivity (Wildman–Crippen MR) is 146 cm³/mol. The first-order valence-corrected chi connectivity index (χ1v) is 12.8. The molecule has 3 aromatic rings. The zero-order valence-corrected chi connectivity index (χ0v) is 22.5. The molecule has 214 valence electrons. The highest BCUT2D eigenvalue weighted by Gasteiger charge is 2.40. The minimum absolute atomic E-state index is 0.0915. The van der Waals surface area contributed by atoms with Gasteiger partial charge < -0.3 is 20.4 Å². The third-order valence-corrected chi connectivity index (χ3v) is 7.49. The van der Waals surface area contributed by atoms with Crippen LogP contribution in [0, 0.1) is 18.6 Å². The number of amides is 2. The summed E-state index contributed by atoms with van der Waals surface area (Å²) >= 11 is 0. The number of fused-ring (bicyclic) bond motifs is 3. The Bertz CT molecular complexity index is 1600. The van der Waals surface area contributed by atoms with E-state index in [0.717, 1.165) is 12.1 Å². The summed E-state index contributed by atoms with van der Waals surface area (Å²) in [7, 11) is 3.41. The van der Waals surface area contributed by atoms with E-state index in [0.29, 0.717) is 48.0 Å². The van der Waals surface area contributed by atoms with E-state index in [-0.39, 0.29) is 34.0 Å². The fourth-order valence-corrected chi connectivity index (χ4v) is 5.44.